The molecule has 0 aliphatic heterocycles. The van der Waals surface area contributed by atoms with Crippen LogP contribution in [0, 0.1) is 5.92 Å². The minimum atomic E-state index is -0.00432. The second kappa shape index (κ2) is 7.04. The molecule has 0 saturated heterocycles. The third-order valence-electron chi connectivity index (χ3n) is 4.84. The summed E-state index contributed by atoms with van der Waals surface area (Å²) in [5.41, 5.74) is 10.6. The first-order valence-electron chi connectivity index (χ1n) is 9.48. The molecule has 0 bridgehead atoms. The number of rotatable bonds is 6. The molecular formula is C22H26N4. The van der Waals surface area contributed by atoms with E-state index in [0.717, 1.165) is 28.8 Å². The van der Waals surface area contributed by atoms with Gasteiger partial charge in [0.05, 0.1) is 11.2 Å². The van der Waals surface area contributed by atoms with Gasteiger partial charge in [0.2, 0.25) is 0 Å². The quantitative estimate of drug-likeness (QED) is 0.665. The van der Waals surface area contributed by atoms with Gasteiger partial charge < -0.3 is 11.1 Å². The number of nitrogens with zero attached hydrogens (tertiary/aromatic N) is 2. The first kappa shape index (κ1) is 17.0. The molecule has 0 radical (unpaired) electrons. The molecule has 1 aliphatic rings. The van der Waals surface area contributed by atoms with Crippen molar-refractivity contribution in [1.29, 1.82) is 0 Å². The maximum Gasteiger partial charge on any atom is 0.126 e. The zero-order valence-corrected chi connectivity index (χ0v) is 15.4. The Labute approximate surface area is 154 Å². The predicted molar refractivity (Wildman–Crippen MR) is 108 cm³/mol. The van der Waals surface area contributed by atoms with Crippen molar-refractivity contribution in [3.63, 3.8) is 0 Å². The fraction of sp³-hybridized carbons (Fsp3) is 0.364. The van der Waals surface area contributed by atoms with Crippen LogP contribution >= 0.6 is 0 Å². The van der Waals surface area contributed by atoms with Crippen LogP contribution in [0.15, 0.2) is 48.7 Å². The van der Waals surface area contributed by atoms with Gasteiger partial charge in [0.15, 0.2) is 0 Å². The Morgan fingerprint density at radius 3 is 2.65 bits per heavy atom. The third kappa shape index (κ3) is 3.86. The normalized spacial score (nSPS) is 15.4. The summed E-state index contributed by atoms with van der Waals surface area (Å²) in [4.78, 5) is 9.20. The fourth-order valence-electron chi connectivity index (χ4n) is 3.28. The van der Waals surface area contributed by atoms with E-state index in [1.807, 2.05) is 6.20 Å². The standard InChI is InChI=1S/C22H26N4/c1-14(2)11-19(23)21-8-4-17-12-15(3-7-20(17)26-21)16-9-10-24-22(13-16)25-18-5-6-18/h3-4,7-10,12-14,18-19H,5-6,11,23H2,1-2H3,(H,24,25). The molecule has 4 nitrogen and oxygen atoms in total. The summed E-state index contributed by atoms with van der Waals surface area (Å²) in [6.07, 6.45) is 5.31. The number of pyridine rings is 2. The summed E-state index contributed by atoms with van der Waals surface area (Å²) >= 11 is 0. The molecule has 26 heavy (non-hydrogen) atoms. The van der Waals surface area contributed by atoms with Crippen molar-refractivity contribution in [3.8, 4) is 11.1 Å². The van der Waals surface area contributed by atoms with Crippen LogP contribution in [0.3, 0.4) is 0 Å². The lowest BCUT2D eigenvalue weighted by molar-refractivity contribution is 0.503. The molecule has 4 rings (SSSR count). The van der Waals surface area contributed by atoms with Crippen molar-refractivity contribution in [2.45, 2.75) is 45.2 Å². The lowest BCUT2D eigenvalue weighted by Crippen LogP contribution is -2.14. The van der Waals surface area contributed by atoms with Crippen molar-refractivity contribution < 1.29 is 0 Å². The van der Waals surface area contributed by atoms with E-state index in [9.17, 15) is 0 Å². The molecular weight excluding hydrogens is 320 g/mol. The predicted octanol–water partition coefficient (Wildman–Crippen LogP) is 4.92. The smallest absolute Gasteiger partial charge is 0.126 e. The first-order chi connectivity index (χ1) is 12.6. The van der Waals surface area contributed by atoms with Crippen LogP contribution in [0.25, 0.3) is 22.0 Å². The largest absolute Gasteiger partial charge is 0.367 e. The van der Waals surface area contributed by atoms with Gasteiger partial charge in [-0.05, 0) is 66.6 Å². The lowest BCUT2D eigenvalue weighted by Gasteiger charge is -2.14. The molecule has 4 heteroatoms. The first-order valence-corrected chi connectivity index (χ1v) is 9.48. The summed E-state index contributed by atoms with van der Waals surface area (Å²) in [5, 5.41) is 4.60. The van der Waals surface area contributed by atoms with E-state index in [0.29, 0.717) is 12.0 Å². The second-order valence-corrected chi connectivity index (χ2v) is 7.73. The molecule has 1 unspecified atom stereocenters. The van der Waals surface area contributed by atoms with Gasteiger partial charge in [-0.15, -0.1) is 0 Å². The van der Waals surface area contributed by atoms with E-state index in [1.54, 1.807) is 0 Å². The summed E-state index contributed by atoms with van der Waals surface area (Å²) in [7, 11) is 0. The van der Waals surface area contributed by atoms with Crippen molar-refractivity contribution in [3.05, 3.63) is 54.4 Å². The minimum absolute atomic E-state index is 0.00432. The molecule has 0 amide bonds. The van der Waals surface area contributed by atoms with Crippen molar-refractivity contribution in [2.24, 2.45) is 11.7 Å². The van der Waals surface area contributed by atoms with Crippen LogP contribution in [-0.4, -0.2) is 16.0 Å². The summed E-state index contributed by atoms with van der Waals surface area (Å²) in [6.45, 7) is 4.38. The van der Waals surface area contributed by atoms with Crippen molar-refractivity contribution >= 4 is 16.7 Å². The molecule has 1 atom stereocenters. The number of aromatic nitrogens is 2. The van der Waals surface area contributed by atoms with Gasteiger partial charge in [0, 0.05) is 23.7 Å². The summed E-state index contributed by atoms with van der Waals surface area (Å²) < 4.78 is 0. The van der Waals surface area contributed by atoms with Gasteiger partial charge in [-0.2, -0.15) is 0 Å². The number of fused-ring (bicyclic) bond motifs is 1. The lowest BCUT2D eigenvalue weighted by atomic mass is 10.00. The van der Waals surface area contributed by atoms with Crippen molar-refractivity contribution in [1.82, 2.24) is 9.97 Å². The molecule has 134 valence electrons. The van der Waals surface area contributed by atoms with E-state index in [-0.39, 0.29) is 6.04 Å². The maximum absolute atomic E-state index is 6.29. The highest BCUT2D eigenvalue weighted by atomic mass is 15.0. The van der Waals surface area contributed by atoms with Gasteiger partial charge in [-0.3, -0.25) is 4.98 Å². The Morgan fingerprint density at radius 1 is 1.08 bits per heavy atom. The van der Waals surface area contributed by atoms with E-state index >= 15 is 0 Å². The SMILES string of the molecule is CC(C)CC(N)c1ccc2cc(-c3ccnc(NC4CC4)c3)ccc2n1. The molecule has 3 aromatic rings. The van der Waals surface area contributed by atoms with Crippen LogP contribution in [0.4, 0.5) is 5.82 Å². The molecule has 1 aromatic carbocycles. The Kier molecular flexibility index (Phi) is 4.60. The molecule has 1 aliphatic carbocycles. The molecule has 0 spiro atoms. The second-order valence-electron chi connectivity index (χ2n) is 7.73. The maximum atomic E-state index is 6.29. The zero-order valence-electron chi connectivity index (χ0n) is 15.4. The monoisotopic (exact) mass is 346 g/mol. The Hall–Kier alpha value is -2.46. The topological polar surface area (TPSA) is 63.8 Å². The van der Waals surface area contributed by atoms with Crippen LogP contribution in [0.5, 0.6) is 0 Å². The molecule has 1 fully saturated rings. The van der Waals surface area contributed by atoms with Crippen LogP contribution < -0.4 is 11.1 Å². The van der Waals surface area contributed by atoms with Gasteiger partial charge in [0.1, 0.15) is 5.82 Å². The fourth-order valence-corrected chi connectivity index (χ4v) is 3.28. The highest BCUT2D eigenvalue weighted by Gasteiger charge is 2.21. The van der Waals surface area contributed by atoms with Gasteiger partial charge in [0.25, 0.3) is 0 Å². The van der Waals surface area contributed by atoms with Gasteiger partial charge in [-0.25, -0.2) is 4.98 Å². The Morgan fingerprint density at radius 2 is 1.88 bits per heavy atom. The molecule has 2 heterocycles. The van der Waals surface area contributed by atoms with E-state index in [1.165, 1.54) is 24.0 Å². The zero-order chi connectivity index (χ0) is 18.1. The summed E-state index contributed by atoms with van der Waals surface area (Å²) in [5.74, 6) is 1.52. The molecule has 3 N–H and O–H groups in total. The Bertz CT molecular complexity index is 915. The average Bonchev–Trinajstić information content (AvgIpc) is 3.44. The van der Waals surface area contributed by atoms with E-state index in [4.69, 9.17) is 10.7 Å². The van der Waals surface area contributed by atoms with E-state index in [2.05, 4.69) is 66.6 Å². The number of anilines is 1. The highest BCUT2D eigenvalue weighted by Crippen LogP contribution is 2.28. The number of nitrogens with two attached hydrogens (primary N) is 1. The number of benzene rings is 1. The van der Waals surface area contributed by atoms with Crippen LogP contribution in [-0.2, 0) is 0 Å². The highest BCUT2D eigenvalue weighted by molar-refractivity contribution is 5.85. The number of hydrogen-bond donors (Lipinski definition) is 2. The van der Waals surface area contributed by atoms with Crippen LogP contribution in [0.2, 0.25) is 0 Å². The molecule has 2 aromatic heterocycles. The summed E-state index contributed by atoms with van der Waals surface area (Å²) in [6, 6.07) is 15.4. The van der Waals surface area contributed by atoms with Gasteiger partial charge in [-0.1, -0.05) is 26.0 Å². The average molecular weight is 346 g/mol. The number of hydrogen-bond acceptors (Lipinski definition) is 4. The van der Waals surface area contributed by atoms with Gasteiger partial charge >= 0.3 is 0 Å². The Balaban J connectivity index is 1.61. The molecule has 1 saturated carbocycles. The number of nitrogens with one attached hydrogen (secondary N) is 1. The van der Waals surface area contributed by atoms with Crippen molar-refractivity contribution in [2.75, 3.05) is 5.32 Å². The van der Waals surface area contributed by atoms with Crippen LogP contribution in [0.1, 0.15) is 44.8 Å². The minimum Gasteiger partial charge on any atom is -0.367 e. The van der Waals surface area contributed by atoms with E-state index < -0.39 is 0 Å². The third-order valence-corrected chi connectivity index (χ3v) is 4.84.